The number of nitrogens with one attached hydrogen (secondary N) is 1. The van der Waals surface area contributed by atoms with Crippen molar-refractivity contribution in [3.05, 3.63) is 46.6 Å². The molecule has 0 fully saturated rings. The van der Waals surface area contributed by atoms with Crippen molar-refractivity contribution >= 4 is 17.7 Å². The van der Waals surface area contributed by atoms with Crippen molar-refractivity contribution in [3.8, 4) is 0 Å². The highest BCUT2D eigenvalue weighted by Crippen LogP contribution is 2.36. The second-order valence-electron chi connectivity index (χ2n) is 5.50. The van der Waals surface area contributed by atoms with Crippen LogP contribution in [0.4, 0.5) is 32.2 Å². The predicted molar refractivity (Wildman–Crippen MR) is 83.6 cm³/mol. The van der Waals surface area contributed by atoms with Crippen LogP contribution in [0.25, 0.3) is 0 Å². The SMILES string of the molecule is CCOC(=O)c1cnn(C)c1NC(=O)c1cc(C(F)(F)F)cc(C(F)(F)F)c1. The number of halogens is 6. The van der Waals surface area contributed by atoms with Crippen LogP contribution in [0.15, 0.2) is 24.4 Å². The average molecular weight is 409 g/mol. The standard InChI is InChI=1S/C16H13F6N3O3/c1-3-28-14(27)11-7-23-25(2)12(11)24-13(26)8-4-9(15(17,18)19)6-10(5-8)16(20,21)22/h4-7H,3H2,1-2H3,(H,24,26). The van der Waals surface area contributed by atoms with E-state index < -0.39 is 40.9 Å². The lowest BCUT2D eigenvalue weighted by Crippen LogP contribution is -2.20. The zero-order chi connectivity index (χ0) is 21.3. The van der Waals surface area contributed by atoms with Crippen molar-refractivity contribution < 1.29 is 40.7 Å². The highest BCUT2D eigenvalue weighted by molar-refractivity contribution is 6.07. The molecular formula is C16H13F6N3O3. The monoisotopic (exact) mass is 409 g/mol. The molecule has 0 saturated carbocycles. The number of aromatic nitrogens is 2. The number of ether oxygens (including phenoxy) is 1. The molecule has 1 aromatic heterocycles. The molecule has 1 N–H and O–H groups in total. The quantitative estimate of drug-likeness (QED) is 0.615. The summed E-state index contributed by atoms with van der Waals surface area (Å²) in [6.45, 7) is 1.53. The molecule has 2 aromatic rings. The third-order valence-corrected chi connectivity index (χ3v) is 3.52. The van der Waals surface area contributed by atoms with Crippen LogP contribution < -0.4 is 5.32 Å². The van der Waals surface area contributed by atoms with E-state index in [1.165, 1.54) is 14.0 Å². The van der Waals surface area contributed by atoms with Gasteiger partial charge in [0.1, 0.15) is 11.4 Å². The third kappa shape index (κ3) is 4.61. The number of alkyl halides is 6. The molecule has 0 bridgehead atoms. The second kappa shape index (κ2) is 7.52. The summed E-state index contributed by atoms with van der Waals surface area (Å²) in [6, 6.07) is 0.473. The Morgan fingerprint density at radius 1 is 1.07 bits per heavy atom. The minimum Gasteiger partial charge on any atom is -0.462 e. The first-order valence-electron chi connectivity index (χ1n) is 7.64. The maximum atomic E-state index is 12.9. The van der Waals surface area contributed by atoms with Crippen molar-refractivity contribution in [1.82, 2.24) is 9.78 Å². The minimum atomic E-state index is -5.10. The molecule has 0 aliphatic carbocycles. The van der Waals surface area contributed by atoms with Crippen LogP contribution >= 0.6 is 0 Å². The summed E-state index contributed by atoms with van der Waals surface area (Å²) in [5, 5.41) is 5.82. The van der Waals surface area contributed by atoms with Crippen LogP contribution in [0.1, 0.15) is 38.8 Å². The molecule has 1 amide bonds. The second-order valence-corrected chi connectivity index (χ2v) is 5.50. The number of nitrogens with zero attached hydrogens (tertiary/aromatic N) is 2. The van der Waals surface area contributed by atoms with E-state index in [2.05, 4.69) is 10.4 Å². The number of amides is 1. The molecule has 0 spiro atoms. The first-order chi connectivity index (χ1) is 12.8. The Balaban J connectivity index is 2.45. The Bertz CT molecular complexity index is 870. The summed E-state index contributed by atoms with van der Waals surface area (Å²) in [5.74, 6) is -2.40. The topological polar surface area (TPSA) is 73.2 Å². The Morgan fingerprint density at radius 2 is 1.61 bits per heavy atom. The molecule has 152 valence electrons. The number of aryl methyl sites for hydroxylation is 1. The molecule has 0 aliphatic rings. The molecule has 0 unspecified atom stereocenters. The van der Waals surface area contributed by atoms with Gasteiger partial charge in [0.05, 0.1) is 23.9 Å². The van der Waals surface area contributed by atoms with Gasteiger partial charge in [0.2, 0.25) is 0 Å². The fourth-order valence-electron chi connectivity index (χ4n) is 2.21. The molecule has 2 rings (SSSR count). The van der Waals surface area contributed by atoms with E-state index in [0.717, 1.165) is 10.9 Å². The summed E-state index contributed by atoms with van der Waals surface area (Å²) in [4.78, 5) is 24.2. The molecule has 0 aliphatic heterocycles. The van der Waals surface area contributed by atoms with Crippen molar-refractivity contribution in [2.24, 2.45) is 7.05 Å². The molecule has 0 radical (unpaired) electrons. The van der Waals surface area contributed by atoms with E-state index in [9.17, 15) is 35.9 Å². The Kier molecular flexibility index (Phi) is 5.71. The van der Waals surface area contributed by atoms with E-state index in [-0.39, 0.29) is 36.2 Å². The number of carbonyl (C=O) groups excluding carboxylic acids is 2. The summed E-state index contributed by atoms with van der Waals surface area (Å²) in [6.07, 6.45) is -9.15. The summed E-state index contributed by atoms with van der Waals surface area (Å²) < 4.78 is 83.3. The average Bonchev–Trinajstić information content (AvgIpc) is 2.94. The van der Waals surface area contributed by atoms with Crippen molar-refractivity contribution in [3.63, 3.8) is 0 Å². The van der Waals surface area contributed by atoms with Gasteiger partial charge in [0.25, 0.3) is 5.91 Å². The Labute approximate surface area is 154 Å². The fraction of sp³-hybridized carbons (Fsp3) is 0.312. The van der Waals surface area contributed by atoms with Gasteiger partial charge in [0, 0.05) is 12.6 Å². The molecule has 6 nitrogen and oxygen atoms in total. The molecule has 1 heterocycles. The van der Waals surface area contributed by atoms with Crippen molar-refractivity contribution in [1.29, 1.82) is 0 Å². The lowest BCUT2D eigenvalue weighted by molar-refractivity contribution is -0.143. The molecule has 0 saturated heterocycles. The van der Waals surface area contributed by atoms with Crippen LogP contribution in [0, 0.1) is 0 Å². The first-order valence-corrected chi connectivity index (χ1v) is 7.64. The lowest BCUT2D eigenvalue weighted by atomic mass is 10.0. The molecule has 0 atom stereocenters. The zero-order valence-corrected chi connectivity index (χ0v) is 14.4. The van der Waals surface area contributed by atoms with Crippen molar-refractivity contribution in [2.45, 2.75) is 19.3 Å². The fourth-order valence-corrected chi connectivity index (χ4v) is 2.21. The minimum absolute atomic E-state index is 0.00366. The molecular weight excluding hydrogens is 396 g/mol. The maximum Gasteiger partial charge on any atom is 0.416 e. The zero-order valence-electron chi connectivity index (χ0n) is 14.4. The third-order valence-electron chi connectivity index (χ3n) is 3.52. The lowest BCUT2D eigenvalue weighted by Gasteiger charge is -2.14. The van der Waals surface area contributed by atoms with E-state index >= 15 is 0 Å². The Hall–Kier alpha value is -3.05. The number of carbonyl (C=O) groups is 2. The Morgan fingerprint density at radius 3 is 2.07 bits per heavy atom. The van der Waals surface area contributed by atoms with Gasteiger partial charge in [0.15, 0.2) is 0 Å². The highest BCUT2D eigenvalue weighted by Gasteiger charge is 2.37. The predicted octanol–water partition coefficient (Wildman–Crippen LogP) is 3.89. The summed E-state index contributed by atoms with van der Waals surface area (Å²) in [5.41, 5.74) is -4.37. The number of hydrogen-bond donors (Lipinski definition) is 1. The smallest absolute Gasteiger partial charge is 0.416 e. The van der Waals surface area contributed by atoms with Crippen molar-refractivity contribution in [2.75, 3.05) is 11.9 Å². The van der Waals surface area contributed by atoms with Crippen LogP contribution in [0.5, 0.6) is 0 Å². The summed E-state index contributed by atoms with van der Waals surface area (Å²) >= 11 is 0. The van der Waals surface area contributed by atoms with E-state index in [1.807, 2.05) is 0 Å². The number of benzene rings is 1. The van der Waals surface area contributed by atoms with Gasteiger partial charge in [-0.1, -0.05) is 0 Å². The van der Waals surface area contributed by atoms with Gasteiger partial charge in [-0.05, 0) is 25.1 Å². The van der Waals surface area contributed by atoms with Gasteiger partial charge in [-0.15, -0.1) is 0 Å². The van der Waals surface area contributed by atoms with Crippen LogP contribution in [-0.4, -0.2) is 28.3 Å². The van der Waals surface area contributed by atoms with Crippen LogP contribution in [0.3, 0.4) is 0 Å². The number of anilines is 1. The maximum absolute atomic E-state index is 12.9. The van der Waals surface area contributed by atoms with Gasteiger partial charge >= 0.3 is 18.3 Å². The van der Waals surface area contributed by atoms with Crippen LogP contribution in [0.2, 0.25) is 0 Å². The van der Waals surface area contributed by atoms with E-state index in [4.69, 9.17) is 4.74 Å². The van der Waals surface area contributed by atoms with Gasteiger partial charge < -0.3 is 10.1 Å². The van der Waals surface area contributed by atoms with E-state index in [1.54, 1.807) is 0 Å². The number of hydrogen-bond acceptors (Lipinski definition) is 4. The molecule has 1 aromatic carbocycles. The largest absolute Gasteiger partial charge is 0.462 e. The van der Waals surface area contributed by atoms with Crippen LogP contribution in [-0.2, 0) is 24.1 Å². The highest BCUT2D eigenvalue weighted by atomic mass is 19.4. The van der Waals surface area contributed by atoms with Gasteiger partial charge in [-0.3, -0.25) is 9.48 Å². The van der Waals surface area contributed by atoms with E-state index in [0.29, 0.717) is 0 Å². The molecule has 28 heavy (non-hydrogen) atoms. The number of rotatable bonds is 4. The number of esters is 1. The normalized spacial score (nSPS) is 12.0. The first kappa shape index (κ1) is 21.3. The van der Waals surface area contributed by atoms with Gasteiger partial charge in [-0.25, -0.2) is 4.79 Å². The summed E-state index contributed by atoms with van der Waals surface area (Å²) in [7, 11) is 1.31. The van der Waals surface area contributed by atoms with Gasteiger partial charge in [-0.2, -0.15) is 31.4 Å². The molecule has 12 heteroatoms.